The Morgan fingerprint density at radius 1 is 1.05 bits per heavy atom. The second kappa shape index (κ2) is 5.49. The summed E-state index contributed by atoms with van der Waals surface area (Å²) in [6.07, 6.45) is 5.49. The Bertz CT molecular complexity index is 432. The van der Waals surface area contributed by atoms with Gasteiger partial charge in [0, 0.05) is 32.2 Å². The lowest BCUT2D eigenvalue weighted by Gasteiger charge is -2.39. The SMILES string of the molecule is Cc1ccc(N2CCN(C3CCCC3)CC2)c(F)c1. The van der Waals surface area contributed by atoms with Crippen molar-refractivity contribution >= 4 is 5.69 Å². The minimum atomic E-state index is -0.0747. The highest BCUT2D eigenvalue weighted by molar-refractivity contribution is 5.49. The first-order chi connectivity index (χ1) is 9.24. The molecule has 0 unspecified atom stereocenters. The van der Waals surface area contributed by atoms with E-state index in [4.69, 9.17) is 0 Å². The summed E-state index contributed by atoms with van der Waals surface area (Å²) < 4.78 is 14.0. The number of halogens is 1. The first-order valence-electron chi connectivity index (χ1n) is 7.49. The fourth-order valence-electron chi connectivity index (χ4n) is 3.47. The first-order valence-corrected chi connectivity index (χ1v) is 7.49. The normalized spacial score (nSPS) is 22.1. The molecule has 2 aliphatic rings. The maximum Gasteiger partial charge on any atom is 0.146 e. The standard InChI is InChI=1S/C16H23FN2/c1-13-6-7-16(15(17)12-13)19-10-8-18(9-11-19)14-4-2-3-5-14/h6-7,12,14H,2-5,8-11H2,1H3. The molecule has 3 rings (SSSR count). The Kier molecular flexibility index (Phi) is 3.74. The molecule has 3 heteroatoms. The van der Waals surface area contributed by atoms with Crippen molar-refractivity contribution in [2.24, 2.45) is 0 Å². The molecular weight excluding hydrogens is 239 g/mol. The molecule has 104 valence electrons. The molecule has 1 aliphatic heterocycles. The molecule has 19 heavy (non-hydrogen) atoms. The predicted molar refractivity (Wildman–Crippen MR) is 77.2 cm³/mol. The van der Waals surface area contributed by atoms with Crippen LogP contribution >= 0.6 is 0 Å². The summed E-state index contributed by atoms with van der Waals surface area (Å²) in [6, 6.07) is 6.36. The second-order valence-electron chi connectivity index (χ2n) is 5.92. The predicted octanol–water partition coefficient (Wildman–Crippen LogP) is 3.20. The third-order valence-corrected chi connectivity index (χ3v) is 4.60. The van der Waals surface area contributed by atoms with E-state index in [1.807, 2.05) is 19.1 Å². The maximum absolute atomic E-state index is 14.0. The molecule has 0 radical (unpaired) electrons. The van der Waals surface area contributed by atoms with Crippen LogP contribution in [0.5, 0.6) is 0 Å². The van der Waals surface area contributed by atoms with Gasteiger partial charge in [0.15, 0.2) is 0 Å². The zero-order valence-electron chi connectivity index (χ0n) is 11.7. The summed E-state index contributed by atoms with van der Waals surface area (Å²) in [4.78, 5) is 4.80. The summed E-state index contributed by atoms with van der Waals surface area (Å²) in [7, 11) is 0. The van der Waals surface area contributed by atoms with Gasteiger partial charge in [-0.05, 0) is 37.5 Å². The molecule has 0 atom stereocenters. The molecule has 0 spiro atoms. The summed E-state index contributed by atoms with van der Waals surface area (Å²) in [5.74, 6) is -0.0747. The van der Waals surface area contributed by atoms with Gasteiger partial charge in [0.05, 0.1) is 5.69 Å². The Morgan fingerprint density at radius 3 is 2.37 bits per heavy atom. The second-order valence-corrected chi connectivity index (χ2v) is 5.92. The van der Waals surface area contributed by atoms with Gasteiger partial charge in [0.2, 0.25) is 0 Å². The van der Waals surface area contributed by atoms with Crippen LogP contribution in [-0.2, 0) is 0 Å². The van der Waals surface area contributed by atoms with Crippen LogP contribution in [0.3, 0.4) is 0 Å². The van der Waals surface area contributed by atoms with Crippen LogP contribution < -0.4 is 4.90 Å². The van der Waals surface area contributed by atoms with Gasteiger partial charge < -0.3 is 4.90 Å². The summed E-state index contributed by atoms with van der Waals surface area (Å²) in [6.45, 7) is 6.01. The van der Waals surface area contributed by atoms with Crippen molar-refractivity contribution in [1.82, 2.24) is 4.90 Å². The first kappa shape index (κ1) is 12.9. The van der Waals surface area contributed by atoms with Crippen molar-refractivity contribution in [2.75, 3.05) is 31.1 Å². The van der Waals surface area contributed by atoms with E-state index in [1.54, 1.807) is 6.07 Å². The third-order valence-electron chi connectivity index (χ3n) is 4.60. The number of nitrogens with zero attached hydrogens (tertiary/aromatic N) is 2. The quantitative estimate of drug-likeness (QED) is 0.807. The number of rotatable bonds is 2. The van der Waals surface area contributed by atoms with Crippen molar-refractivity contribution in [3.05, 3.63) is 29.6 Å². The minimum absolute atomic E-state index is 0.0747. The van der Waals surface area contributed by atoms with E-state index in [0.717, 1.165) is 43.5 Å². The molecule has 0 N–H and O–H groups in total. The van der Waals surface area contributed by atoms with Gasteiger partial charge in [0.1, 0.15) is 5.82 Å². The molecule has 1 aromatic carbocycles. The lowest BCUT2D eigenvalue weighted by molar-refractivity contribution is 0.187. The molecular formula is C16H23FN2. The fraction of sp³-hybridized carbons (Fsp3) is 0.625. The van der Waals surface area contributed by atoms with Gasteiger partial charge in [0.25, 0.3) is 0 Å². The summed E-state index contributed by atoms with van der Waals surface area (Å²) in [5, 5.41) is 0. The van der Waals surface area contributed by atoms with E-state index < -0.39 is 0 Å². The average Bonchev–Trinajstić information content (AvgIpc) is 2.93. The van der Waals surface area contributed by atoms with E-state index in [2.05, 4.69) is 9.80 Å². The Balaban J connectivity index is 1.63. The van der Waals surface area contributed by atoms with Gasteiger partial charge >= 0.3 is 0 Å². The van der Waals surface area contributed by atoms with Crippen LogP contribution in [0, 0.1) is 12.7 Å². The number of aryl methyl sites for hydroxylation is 1. The van der Waals surface area contributed by atoms with Crippen LogP contribution in [0.2, 0.25) is 0 Å². The number of piperazine rings is 1. The van der Waals surface area contributed by atoms with Crippen LogP contribution in [0.4, 0.5) is 10.1 Å². The smallest absolute Gasteiger partial charge is 0.146 e. The monoisotopic (exact) mass is 262 g/mol. The van der Waals surface area contributed by atoms with Gasteiger partial charge in [-0.1, -0.05) is 18.9 Å². The van der Waals surface area contributed by atoms with E-state index >= 15 is 0 Å². The molecule has 2 nitrogen and oxygen atoms in total. The third kappa shape index (κ3) is 2.76. The molecule has 1 saturated heterocycles. The van der Waals surface area contributed by atoms with Crippen molar-refractivity contribution in [2.45, 2.75) is 38.6 Å². The highest BCUT2D eigenvalue weighted by atomic mass is 19.1. The van der Waals surface area contributed by atoms with Crippen LogP contribution in [0.15, 0.2) is 18.2 Å². The van der Waals surface area contributed by atoms with Crippen LogP contribution in [-0.4, -0.2) is 37.1 Å². The molecule has 1 heterocycles. The van der Waals surface area contributed by atoms with E-state index in [1.165, 1.54) is 25.7 Å². The number of hydrogen-bond donors (Lipinski definition) is 0. The zero-order valence-corrected chi connectivity index (χ0v) is 11.7. The van der Waals surface area contributed by atoms with Crippen molar-refractivity contribution in [1.29, 1.82) is 0 Å². The van der Waals surface area contributed by atoms with Gasteiger partial charge in [-0.2, -0.15) is 0 Å². The van der Waals surface area contributed by atoms with Crippen molar-refractivity contribution in [3.8, 4) is 0 Å². The number of hydrogen-bond acceptors (Lipinski definition) is 2. The van der Waals surface area contributed by atoms with Gasteiger partial charge in [-0.3, -0.25) is 4.90 Å². The maximum atomic E-state index is 14.0. The molecule has 2 fully saturated rings. The van der Waals surface area contributed by atoms with Crippen LogP contribution in [0.25, 0.3) is 0 Å². The van der Waals surface area contributed by atoms with E-state index in [-0.39, 0.29) is 5.82 Å². The average molecular weight is 262 g/mol. The highest BCUT2D eigenvalue weighted by Gasteiger charge is 2.26. The zero-order chi connectivity index (χ0) is 13.2. The Labute approximate surface area is 115 Å². The largest absolute Gasteiger partial charge is 0.367 e. The summed E-state index contributed by atoms with van der Waals surface area (Å²) in [5.41, 5.74) is 1.77. The molecule has 1 saturated carbocycles. The number of benzene rings is 1. The molecule has 0 amide bonds. The minimum Gasteiger partial charge on any atom is -0.367 e. The highest BCUT2D eigenvalue weighted by Crippen LogP contribution is 2.26. The Morgan fingerprint density at radius 2 is 1.74 bits per heavy atom. The number of anilines is 1. The van der Waals surface area contributed by atoms with Gasteiger partial charge in [-0.25, -0.2) is 4.39 Å². The van der Waals surface area contributed by atoms with Crippen molar-refractivity contribution in [3.63, 3.8) is 0 Å². The lowest BCUT2D eigenvalue weighted by Crippen LogP contribution is -2.50. The van der Waals surface area contributed by atoms with E-state index in [9.17, 15) is 4.39 Å². The lowest BCUT2D eigenvalue weighted by atomic mass is 10.1. The fourth-order valence-corrected chi connectivity index (χ4v) is 3.47. The van der Waals surface area contributed by atoms with Gasteiger partial charge in [-0.15, -0.1) is 0 Å². The molecule has 0 aromatic heterocycles. The van der Waals surface area contributed by atoms with Crippen LogP contribution in [0.1, 0.15) is 31.2 Å². The topological polar surface area (TPSA) is 6.48 Å². The molecule has 1 aliphatic carbocycles. The Hall–Kier alpha value is -1.09. The van der Waals surface area contributed by atoms with Crippen molar-refractivity contribution < 1.29 is 4.39 Å². The molecule has 1 aromatic rings. The summed E-state index contributed by atoms with van der Waals surface area (Å²) >= 11 is 0. The van der Waals surface area contributed by atoms with E-state index in [0.29, 0.717) is 0 Å². The molecule has 0 bridgehead atoms.